The summed E-state index contributed by atoms with van der Waals surface area (Å²) in [5.41, 5.74) is 1.73. The SMILES string of the molecule is COc1ccc2c(c1CC(C)C(=O)O)COCO2. The molecule has 0 aromatic heterocycles. The van der Waals surface area contributed by atoms with Gasteiger partial charge < -0.3 is 19.3 Å². The van der Waals surface area contributed by atoms with E-state index in [-0.39, 0.29) is 6.79 Å². The zero-order chi connectivity index (χ0) is 13.1. The Morgan fingerprint density at radius 2 is 2.33 bits per heavy atom. The number of carboxylic acid groups (broad SMARTS) is 1. The smallest absolute Gasteiger partial charge is 0.306 e. The minimum Gasteiger partial charge on any atom is -0.496 e. The number of ether oxygens (including phenoxy) is 3. The van der Waals surface area contributed by atoms with Gasteiger partial charge >= 0.3 is 5.97 Å². The van der Waals surface area contributed by atoms with Crippen molar-refractivity contribution in [3.63, 3.8) is 0 Å². The summed E-state index contributed by atoms with van der Waals surface area (Å²) >= 11 is 0. The second kappa shape index (κ2) is 5.27. The zero-order valence-electron chi connectivity index (χ0n) is 10.4. The maximum absolute atomic E-state index is 11.0. The van der Waals surface area contributed by atoms with Gasteiger partial charge in [0.1, 0.15) is 11.5 Å². The molecule has 1 aliphatic rings. The first-order valence-electron chi connectivity index (χ1n) is 5.75. The molecule has 1 N–H and O–H groups in total. The largest absolute Gasteiger partial charge is 0.496 e. The fourth-order valence-corrected chi connectivity index (χ4v) is 2.00. The first kappa shape index (κ1) is 12.7. The molecule has 0 bridgehead atoms. The molecule has 0 aliphatic carbocycles. The number of methoxy groups -OCH3 is 1. The number of aliphatic carboxylic acids is 1. The average molecular weight is 252 g/mol. The summed E-state index contributed by atoms with van der Waals surface area (Å²) in [6.45, 7) is 2.33. The Kier molecular flexibility index (Phi) is 3.72. The van der Waals surface area contributed by atoms with Gasteiger partial charge in [-0.15, -0.1) is 0 Å². The second-order valence-corrected chi connectivity index (χ2v) is 4.28. The van der Waals surface area contributed by atoms with Crippen LogP contribution in [0.4, 0.5) is 0 Å². The molecule has 0 saturated heterocycles. The van der Waals surface area contributed by atoms with Crippen molar-refractivity contribution in [1.82, 2.24) is 0 Å². The Labute approximate surface area is 105 Å². The van der Waals surface area contributed by atoms with Crippen molar-refractivity contribution < 1.29 is 24.1 Å². The summed E-state index contributed by atoms with van der Waals surface area (Å²) in [6, 6.07) is 3.62. The highest BCUT2D eigenvalue weighted by Gasteiger charge is 2.22. The van der Waals surface area contributed by atoms with Crippen LogP contribution in [0.1, 0.15) is 18.1 Å². The van der Waals surface area contributed by atoms with E-state index in [1.165, 1.54) is 0 Å². The molecule has 1 aliphatic heterocycles. The van der Waals surface area contributed by atoms with Crippen molar-refractivity contribution >= 4 is 5.97 Å². The van der Waals surface area contributed by atoms with Gasteiger partial charge in [0.25, 0.3) is 0 Å². The van der Waals surface area contributed by atoms with E-state index in [0.29, 0.717) is 18.8 Å². The number of rotatable bonds is 4. The maximum atomic E-state index is 11.0. The normalized spacial score (nSPS) is 15.4. The minimum atomic E-state index is -0.827. The van der Waals surface area contributed by atoms with Crippen molar-refractivity contribution in [3.05, 3.63) is 23.3 Å². The molecule has 0 saturated carbocycles. The summed E-state index contributed by atoms with van der Waals surface area (Å²) in [6.07, 6.45) is 0.397. The van der Waals surface area contributed by atoms with E-state index in [1.54, 1.807) is 20.1 Å². The van der Waals surface area contributed by atoms with E-state index in [1.807, 2.05) is 6.07 Å². The number of hydrogen-bond acceptors (Lipinski definition) is 4. The minimum absolute atomic E-state index is 0.229. The van der Waals surface area contributed by atoms with E-state index >= 15 is 0 Å². The van der Waals surface area contributed by atoms with Gasteiger partial charge in [-0.05, 0) is 18.6 Å². The molecular weight excluding hydrogens is 236 g/mol. The third kappa shape index (κ3) is 2.41. The number of fused-ring (bicyclic) bond motifs is 1. The Morgan fingerprint density at radius 1 is 1.56 bits per heavy atom. The van der Waals surface area contributed by atoms with Gasteiger partial charge in [0, 0.05) is 11.1 Å². The van der Waals surface area contributed by atoms with Gasteiger partial charge in [-0.25, -0.2) is 0 Å². The number of hydrogen-bond donors (Lipinski definition) is 1. The first-order chi connectivity index (χ1) is 8.63. The van der Waals surface area contributed by atoms with Crippen LogP contribution in [0.3, 0.4) is 0 Å². The van der Waals surface area contributed by atoms with Gasteiger partial charge in [0.15, 0.2) is 6.79 Å². The maximum Gasteiger partial charge on any atom is 0.306 e. The van der Waals surface area contributed by atoms with Crippen molar-refractivity contribution in [2.24, 2.45) is 5.92 Å². The lowest BCUT2D eigenvalue weighted by molar-refractivity contribution is -0.141. The summed E-state index contributed by atoms with van der Waals surface area (Å²) in [4.78, 5) is 11.0. The Bertz CT molecular complexity index is 455. The molecule has 0 fully saturated rings. The van der Waals surface area contributed by atoms with Gasteiger partial charge in [0.2, 0.25) is 0 Å². The molecule has 0 amide bonds. The molecule has 1 aromatic rings. The summed E-state index contributed by atoms with van der Waals surface area (Å²) in [5, 5.41) is 9.01. The van der Waals surface area contributed by atoms with Crippen LogP contribution in [0.2, 0.25) is 0 Å². The molecule has 1 unspecified atom stereocenters. The molecule has 98 valence electrons. The predicted molar refractivity (Wildman–Crippen MR) is 63.8 cm³/mol. The highest BCUT2D eigenvalue weighted by atomic mass is 16.7. The van der Waals surface area contributed by atoms with Crippen molar-refractivity contribution in [3.8, 4) is 11.5 Å². The standard InChI is InChI=1S/C13H16O5/c1-8(13(14)15)5-9-10-6-17-7-18-12(10)4-3-11(9)16-2/h3-4,8H,5-7H2,1-2H3,(H,14,15). The van der Waals surface area contributed by atoms with Crippen LogP contribution >= 0.6 is 0 Å². The fourth-order valence-electron chi connectivity index (χ4n) is 2.00. The van der Waals surface area contributed by atoms with Gasteiger partial charge in [0.05, 0.1) is 19.6 Å². The molecule has 0 spiro atoms. The third-order valence-corrected chi connectivity index (χ3v) is 3.04. The van der Waals surface area contributed by atoms with Crippen LogP contribution in [-0.4, -0.2) is 25.0 Å². The molecule has 5 heteroatoms. The van der Waals surface area contributed by atoms with Crippen molar-refractivity contribution in [1.29, 1.82) is 0 Å². The van der Waals surface area contributed by atoms with Crippen molar-refractivity contribution in [2.45, 2.75) is 20.0 Å². The van der Waals surface area contributed by atoms with E-state index in [4.69, 9.17) is 19.3 Å². The van der Waals surface area contributed by atoms with Crippen LogP contribution < -0.4 is 9.47 Å². The van der Waals surface area contributed by atoms with Crippen LogP contribution in [-0.2, 0) is 22.6 Å². The third-order valence-electron chi connectivity index (χ3n) is 3.04. The monoisotopic (exact) mass is 252 g/mol. The lowest BCUT2D eigenvalue weighted by Gasteiger charge is -2.23. The van der Waals surface area contributed by atoms with Crippen LogP contribution in [0, 0.1) is 5.92 Å². The van der Waals surface area contributed by atoms with Crippen LogP contribution in [0.5, 0.6) is 11.5 Å². The van der Waals surface area contributed by atoms with E-state index < -0.39 is 11.9 Å². The number of carbonyl (C=O) groups is 1. The van der Waals surface area contributed by atoms with Gasteiger partial charge in [-0.1, -0.05) is 6.92 Å². The molecule has 1 atom stereocenters. The average Bonchev–Trinajstić information content (AvgIpc) is 2.39. The zero-order valence-corrected chi connectivity index (χ0v) is 10.4. The first-order valence-corrected chi connectivity index (χ1v) is 5.75. The quantitative estimate of drug-likeness (QED) is 0.885. The van der Waals surface area contributed by atoms with E-state index in [0.717, 1.165) is 16.9 Å². The molecule has 1 aromatic carbocycles. The van der Waals surface area contributed by atoms with Crippen molar-refractivity contribution in [2.75, 3.05) is 13.9 Å². The number of carboxylic acids is 1. The summed E-state index contributed by atoms with van der Waals surface area (Å²) in [5.74, 6) is 0.116. The molecular formula is C13H16O5. The lowest BCUT2D eigenvalue weighted by atomic mass is 9.95. The Morgan fingerprint density at radius 3 is 3.00 bits per heavy atom. The highest BCUT2D eigenvalue weighted by molar-refractivity contribution is 5.70. The Balaban J connectivity index is 2.38. The number of benzene rings is 1. The molecule has 2 rings (SSSR count). The fraction of sp³-hybridized carbons (Fsp3) is 0.462. The van der Waals surface area contributed by atoms with Gasteiger partial charge in [-0.3, -0.25) is 4.79 Å². The summed E-state index contributed by atoms with van der Waals surface area (Å²) < 4.78 is 15.9. The van der Waals surface area contributed by atoms with E-state index in [9.17, 15) is 4.79 Å². The van der Waals surface area contributed by atoms with Crippen LogP contribution in [0.25, 0.3) is 0 Å². The highest BCUT2D eigenvalue weighted by Crippen LogP contribution is 2.34. The van der Waals surface area contributed by atoms with Crippen LogP contribution in [0.15, 0.2) is 12.1 Å². The molecule has 5 nitrogen and oxygen atoms in total. The molecule has 1 heterocycles. The lowest BCUT2D eigenvalue weighted by Crippen LogP contribution is -2.18. The van der Waals surface area contributed by atoms with Gasteiger partial charge in [-0.2, -0.15) is 0 Å². The second-order valence-electron chi connectivity index (χ2n) is 4.28. The molecule has 0 radical (unpaired) electrons. The Hall–Kier alpha value is -1.75. The summed E-state index contributed by atoms with van der Waals surface area (Å²) in [7, 11) is 1.57. The molecule has 18 heavy (non-hydrogen) atoms. The van der Waals surface area contributed by atoms with E-state index in [2.05, 4.69) is 0 Å². The topological polar surface area (TPSA) is 65.0 Å². The predicted octanol–water partition coefficient (Wildman–Crippen LogP) is 1.82.